The molecule has 142 valence electrons. The van der Waals surface area contributed by atoms with E-state index < -0.39 is 0 Å². The van der Waals surface area contributed by atoms with Gasteiger partial charge in [0.1, 0.15) is 25.2 Å². The predicted molar refractivity (Wildman–Crippen MR) is 105 cm³/mol. The van der Waals surface area contributed by atoms with E-state index in [0.29, 0.717) is 6.54 Å². The average Bonchev–Trinajstić information content (AvgIpc) is 3.11. The quantitative estimate of drug-likeness (QED) is 0.597. The zero-order chi connectivity index (χ0) is 18.5. The van der Waals surface area contributed by atoms with Crippen molar-refractivity contribution in [3.63, 3.8) is 0 Å². The summed E-state index contributed by atoms with van der Waals surface area (Å²) in [5.74, 6) is 0.847. The second-order valence-corrected chi connectivity index (χ2v) is 7.22. The summed E-state index contributed by atoms with van der Waals surface area (Å²) in [6, 6.07) is 7.79. The first-order valence-electron chi connectivity index (χ1n) is 9.36. The van der Waals surface area contributed by atoms with Gasteiger partial charge < -0.3 is 15.0 Å². The zero-order valence-corrected chi connectivity index (χ0v) is 16.0. The number of hydrogen-bond acceptors (Lipinski definition) is 5. The third kappa shape index (κ3) is 4.55. The molecule has 0 saturated carbocycles. The number of nitrogens with zero attached hydrogens (tertiary/aromatic N) is 4. The molecule has 0 spiro atoms. The van der Waals surface area contributed by atoms with Gasteiger partial charge in [-0.2, -0.15) is 5.10 Å². The normalized spacial score (nSPS) is 15.3. The summed E-state index contributed by atoms with van der Waals surface area (Å²) in [6.07, 6.45) is 4.53. The lowest BCUT2D eigenvalue weighted by Gasteiger charge is -2.23. The fourth-order valence-corrected chi connectivity index (χ4v) is 3.49. The summed E-state index contributed by atoms with van der Waals surface area (Å²) in [5.41, 5.74) is 1.97. The summed E-state index contributed by atoms with van der Waals surface area (Å²) < 4.78 is 7.30. The number of rotatable bonds is 7. The molecule has 0 atom stereocenters. The highest BCUT2D eigenvalue weighted by Gasteiger charge is 2.13. The molecule has 27 heavy (non-hydrogen) atoms. The van der Waals surface area contributed by atoms with Crippen molar-refractivity contribution in [3.05, 3.63) is 47.4 Å². The van der Waals surface area contributed by atoms with Gasteiger partial charge in [-0.25, -0.2) is 14.6 Å². The molecule has 0 aliphatic carbocycles. The van der Waals surface area contributed by atoms with Crippen molar-refractivity contribution < 1.29 is 9.64 Å². The highest BCUT2D eigenvalue weighted by Crippen LogP contribution is 2.19. The van der Waals surface area contributed by atoms with Crippen molar-refractivity contribution in [2.45, 2.75) is 13.0 Å². The van der Waals surface area contributed by atoms with E-state index >= 15 is 0 Å². The summed E-state index contributed by atoms with van der Waals surface area (Å²) in [7, 11) is 0. The number of anilines is 1. The lowest BCUT2D eigenvalue weighted by Crippen LogP contribution is -3.14. The smallest absolute Gasteiger partial charge is 0.163 e. The number of ether oxygens (including phenoxy) is 1. The molecule has 0 amide bonds. The van der Waals surface area contributed by atoms with Gasteiger partial charge in [-0.05, 0) is 17.7 Å². The maximum atomic E-state index is 5.96. The lowest BCUT2D eigenvalue weighted by atomic mass is 10.2. The molecule has 1 aliphatic rings. The fourth-order valence-electron chi connectivity index (χ4n) is 3.37. The summed E-state index contributed by atoms with van der Waals surface area (Å²) in [4.78, 5) is 10.4. The molecule has 0 bridgehead atoms. The Labute approximate surface area is 163 Å². The van der Waals surface area contributed by atoms with Crippen molar-refractivity contribution >= 4 is 28.5 Å². The van der Waals surface area contributed by atoms with Crippen LogP contribution in [0.15, 0.2) is 36.8 Å². The largest absolute Gasteiger partial charge is 0.370 e. The summed E-state index contributed by atoms with van der Waals surface area (Å²) in [6.45, 7) is 6.66. The molecule has 0 unspecified atom stereocenters. The molecule has 2 aromatic heterocycles. The maximum Gasteiger partial charge on any atom is 0.163 e. The Kier molecular flexibility index (Phi) is 5.81. The Morgan fingerprint density at radius 3 is 2.78 bits per heavy atom. The number of nitrogens with one attached hydrogen (secondary N) is 2. The minimum atomic E-state index is 0.650. The minimum Gasteiger partial charge on any atom is -0.370 e. The van der Waals surface area contributed by atoms with E-state index in [4.69, 9.17) is 16.3 Å². The first kappa shape index (κ1) is 18.2. The van der Waals surface area contributed by atoms with Crippen LogP contribution in [0, 0.1) is 0 Å². The van der Waals surface area contributed by atoms with Gasteiger partial charge in [-0.15, -0.1) is 0 Å². The van der Waals surface area contributed by atoms with Crippen molar-refractivity contribution in [1.82, 2.24) is 19.7 Å². The Hall–Kier alpha value is -2.22. The molecule has 3 heterocycles. The van der Waals surface area contributed by atoms with Crippen LogP contribution in [0.25, 0.3) is 11.0 Å². The van der Waals surface area contributed by atoms with Gasteiger partial charge in [0, 0.05) is 18.0 Å². The Morgan fingerprint density at radius 2 is 1.96 bits per heavy atom. The topological polar surface area (TPSA) is 69.3 Å². The van der Waals surface area contributed by atoms with Crippen LogP contribution < -0.4 is 10.2 Å². The molecule has 7 nitrogen and oxygen atoms in total. The summed E-state index contributed by atoms with van der Waals surface area (Å²) in [5, 5.41) is 9.63. The van der Waals surface area contributed by atoms with Gasteiger partial charge in [0.2, 0.25) is 0 Å². The van der Waals surface area contributed by atoms with Gasteiger partial charge in [0.25, 0.3) is 0 Å². The van der Waals surface area contributed by atoms with Crippen LogP contribution in [-0.4, -0.2) is 59.1 Å². The Bertz CT molecular complexity index is 876. The second-order valence-electron chi connectivity index (χ2n) is 6.78. The van der Waals surface area contributed by atoms with Gasteiger partial charge in [0.05, 0.1) is 37.9 Å². The van der Waals surface area contributed by atoms with Gasteiger partial charge >= 0.3 is 0 Å². The third-order valence-corrected chi connectivity index (χ3v) is 5.13. The molecule has 2 N–H and O–H groups in total. The van der Waals surface area contributed by atoms with Crippen LogP contribution in [-0.2, 0) is 11.3 Å². The molecular formula is C19H24ClN6O+. The third-order valence-electron chi connectivity index (χ3n) is 4.88. The number of fused-ring (bicyclic) bond motifs is 1. The van der Waals surface area contributed by atoms with E-state index in [-0.39, 0.29) is 0 Å². The van der Waals surface area contributed by atoms with Crippen LogP contribution in [0.4, 0.5) is 5.82 Å². The van der Waals surface area contributed by atoms with Crippen molar-refractivity contribution in [3.8, 4) is 0 Å². The molecule has 1 saturated heterocycles. The molecule has 0 radical (unpaired) electrons. The summed E-state index contributed by atoms with van der Waals surface area (Å²) >= 11 is 5.96. The number of aromatic nitrogens is 4. The van der Waals surface area contributed by atoms with Gasteiger partial charge in [0.15, 0.2) is 5.65 Å². The number of morpholine rings is 1. The van der Waals surface area contributed by atoms with Crippen molar-refractivity contribution in [2.75, 3.05) is 44.7 Å². The molecule has 1 aromatic carbocycles. The van der Waals surface area contributed by atoms with Crippen LogP contribution in [0.3, 0.4) is 0 Å². The van der Waals surface area contributed by atoms with Crippen molar-refractivity contribution in [1.29, 1.82) is 0 Å². The molecule has 1 fully saturated rings. The highest BCUT2D eigenvalue weighted by molar-refractivity contribution is 6.30. The van der Waals surface area contributed by atoms with Gasteiger partial charge in [-0.1, -0.05) is 23.7 Å². The maximum absolute atomic E-state index is 5.96. The van der Waals surface area contributed by atoms with E-state index in [9.17, 15) is 0 Å². The van der Waals surface area contributed by atoms with E-state index in [1.165, 1.54) is 0 Å². The lowest BCUT2D eigenvalue weighted by molar-refractivity contribution is -0.908. The predicted octanol–water partition coefficient (Wildman–Crippen LogP) is 1.25. The molecule has 3 aromatic rings. The van der Waals surface area contributed by atoms with Crippen LogP contribution in [0.5, 0.6) is 0 Å². The second kappa shape index (κ2) is 8.65. The van der Waals surface area contributed by atoms with Crippen molar-refractivity contribution in [2.24, 2.45) is 0 Å². The minimum absolute atomic E-state index is 0.650. The highest BCUT2D eigenvalue weighted by atomic mass is 35.5. The number of hydrogen-bond donors (Lipinski definition) is 2. The SMILES string of the molecule is Clc1ccc(Cn2ncc3c(NCCC[NH+]4CCOCC4)ncnc32)cc1. The number of benzene rings is 1. The standard InChI is InChI=1S/C19H23ClN6O/c20-16-4-2-15(3-5-16)13-26-19-17(12-24-26)18(22-14-23-19)21-6-1-7-25-8-10-27-11-9-25/h2-5,12,14H,1,6-11,13H2,(H,21,22,23)/p+1. The molecule has 4 rings (SSSR count). The first-order valence-corrected chi connectivity index (χ1v) is 9.73. The van der Waals surface area contributed by atoms with E-state index in [2.05, 4.69) is 20.4 Å². The average molecular weight is 388 g/mol. The zero-order valence-electron chi connectivity index (χ0n) is 15.2. The van der Waals surface area contributed by atoms with Gasteiger partial charge in [-0.3, -0.25) is 0 Å². The van der Waals surface area contributed by atoms with Crippen LogP contribution in [0.1, 0.15) is 12.0 Å². The number of quaternary nitrogens is 1. The molecule has 8 heteroatoms. The fraction of sp³-hybridized carbons (Fsp3) is 0.421. The Balaban J connectivity index is 1.38. The molecular weight excluding hydrogens is 364 g/mol. The van der Waals surface area contributed by atoms with E-state index in [1.807, 2.05) is 35.1 Å². The van der Waals surface area contributed by atoms with Crippen LogP contribution in [0.2, 0.25) is 5.02 Å². The first-order chi connectivity index (χ1) is 13.3. The number of halogens is 1. The monoisotopic (exact) mass is 387 g/mol. The van der Waals surface area contributed by atoms with E-state index in [0.717, 1.165) is 73.3 Å². The van der Waals surface area contributed by atoms with Crippen LogP contribution >= 0.6 is 11.6 Å². The Morgan fingerprint density at radius 1 is 1.15 bits per heavy atom. The van der Waals surface area contributed by atoms with E-state index in [1.54, 1.807) is 11.2 Å². The molecule has 1 aliphatic heterocycles.